The van der Waals surface area contributed by atoms with Crippen molar-refractivity contribution in [3.63, 3.8) is 0 Å². The Morgan fingerprint density at radius 1 is 1.23 bits per heavy atom. The standard InChI is InChI=1S/C15H17N5OS/c16-11-13-14(20(19-18-13)15-17-8-10-22-15)7-4-9-21-12-5-2-1-3-6-12/h1-3,5-6,8,10H,4,7,9,11,16H2. The van der Waals surface area contributed by atoms with Crippen molar-refractivity contribution in [2.24, 2.45) is 5.73 Å². The van der Waals surface area contributed by atoms with Gasteiger partial charge in [-0.2, -0.15) is 4.68 Å². The molecule has 6 nitrogen and oxygen atoms in total. The van der Waals surface area contributed by atoms with Gasteiger partial charge in [0.2, 0.25) is 5.13 Å². The Balaban J connectivity index is 1.63. The molecule has 2 aromatic heterocycles. The first-order valence-corrected chi connectivity index (χ1v) is 7.97. The molecule has 1 aromatic carbocycles. The monoisotopic (exact) mass is 315 g/mol. The van der Waals surface area contributed by atoms with Crippen LogP contribution in [-0.4, -0.2) is 26.6 Å². The molecule has 0 spiro atoms. The Hall–Kier alpha value is -2.25. The minimum atomic E-state index is 0.375. The topological polar surface area (TPSA) is 78.9 Å². The minimum Gasteiger partial charge on any atom is -0.494 e. The summed E-state index contributed by atoms with van der Waals surface area (Å²) < 4.78 is 7.49. The lowest BCUT2D eigenvalue weighted by Gasteiger charge is -2.07. The highest BCUT2D eigenvalue weighted by molar-refractivity contribution is 7.12. The van der Waals surface area contributed by atoms with E-state index in [1.165, 1.54) is 11.3 Å². The Morgan fingerprint density at radius 2 is 2.09 bits per heavy atom. The number of nitrogens with zero attached hydrogens (tertiary/aromatic N) is 4. The maximum absolute atomic E-state index is 5.75. The van der Waals surface area contributed by atoms with Gasteiger partial charge in [-0.1, -0.05) is 23.4 Å². The average Bonchev–Trinajstić information content (AvgIpc) is 3.21. The lowest BCUT2D eigenvalue weighted by atomic mass is 10.2. The van der Waals surface area contributed by atoms with Gasteiger partial charge in [0.25, 0.3) is 0 Å². The fourth-order valence-corrected chi connectivity index (χ4v) is 2.77. The molecule has 0 aliphatic heterocycles. The molecule has 0 aliphatic rings. The fraction of sp³-hybridized carbons (Fsp3) is 0.267. The largest absolute Gasteiger partial charge is 0.494 e. The van der Waals surface area contributed by atoms with Crippen LogP contribution in [0.1, 0.15) is 17.8 Å². The van der Waals surface area contributed by atoms with Crippen molar-refractivity contribution in [3.8, 4) is 10.9 Å². The SMILES string of the molecule is NCc1nnn(-c2nccs2)c1CCCOc1ccccc1. The lowest BCUT2D eigenvalue weighted by molar-refractivity contribution is 0.310. The van der Waals surface area contributed by atoms with Gasteiger partial charge >= 0.3 is 0 Å². The molecule has 0 saturated carbocycles. The molecule has 7 heteroatoms. The Labute approximate surface area is 132 Å². The number of para-hydroxylation sites is 1. The molecule has 0 amide bonds. The van der Waals surface area contributed by atoms with Crippen LogP contribution < -0.4 is 10.5 Å². The van der Waals surface area contributed by atoms with Crippen LogP contribution in [0.3, 0.4) is 0 Å². The quantitative estimate of drug-likeness (QED) is 0.676. The summed E-state index contributed by atoms with van der Waals surface area (Å²) in [5.74, 6) is 0.883. The molecule has 0 unspecified atom stereocenters. The van der Waals surface area contributed by atoms with Crippen LogP contribution in [0.2, 0.25) is 0 Å². The van der Waals surface area contributed by atoms with Gasteiger partial charge in [-0.05, 0) is 25.0 Å². The summed E-state index contributed by atoms with van der Waals surface area (Å²) in [7, 11) is 0. The summed E-state index contributed by atoms with van der Waals surface area (Å²) in [5, 5.41) is 11.0. The second kappa shape index (κ2) is 7.15. The van der Waals surface area contributed by atoms with Crippen LogP contribution in [0.5, 0.6) is 5.75 Å². The Bertz CT molecular complexity index is 696. The molecule has 0 radical (unpaired) electrons. The van der Waals surface area contributed by atoms with Gasteiger partial charge in [0, 0.05) is 18.1 Å². The van der Waals surface area contributed by atoms with Gasteiger partial charge in [0.1, 0.15) is 5.75 Å². The van der Waals surface area contributed by atoms with Crippen molar-refractivity contribution < 1.29 is 4.74 Å². The van der Waals surface area contributed by atoms with E-state index in [1.807, 2.05) is 35.7 Å². The van der Waals surface area contributed by atoms with Gasteiger partial charge < -0.3 is 10.5 Å². The number of hydrogen-bond donors (Lipinski definition) is 1. The van der Waals surface area contributed by atoms with E-state index in [4.69, 9.17) is 10.5 Å². The van der Waals surface area contributed by atoms with E-state index in [-0.39, 0.29) is 0 Å². The van der Waals surface area contributed by atoms with Gasteiger partial charge in [-0.15, -0.1) is 16.4 Å². The predicted octanol–water partition coefficient (Wildman–Crippen LogP) is 2.19. The number of nitrogens with two attached hydrogens (primary N) is 1. The van der Waals surface area contributed by atoms with Crippen molar-refractivity contribution in [2.45, 2.75) is 19.4 Å². The molecule has 2 N–H and O–H groups in total. The Kier molecular flexibility index (Phi) is 4.77. The van der Waals surface area contributed by atoms with Crippen LogP contribution in [0.15, 0.2) is 41.9 Å². The highest BCUT2D eigenvalue weighted by Crippen LogP contribution is 2.17. The summed E-state index contributed by atoms with van der Waals surface area (Å²) in [4.78, 5) is 4.28. The van der Waals surface area contributed by atoms with E-state index < -0.39 is 0 Å². The van der Waals surface area contributed by atoms with Crippen LogP contribution >= 0.6 is 11.3 Å². The molecule has 22 heavy (non-hydrogen) atoms. The number of aromatic nitrogens is 4. The molecule has 3 aromatic rings. The van der Waals surface area contributed by atoms with Crippen LogP contribution in [0, 0.1) is 0 Å². The van der Waals surface area contributed by atoms with Gasteiger partial charge in [0.15, 0.2) is 0 Å². The van der Waals surface area contributed by atoms with Crippen molar-refractivity contribution in [3.05, 3.63) is 53.3 Å². The molecular formula is C15H17N5OS. The number of hydrogen-bond acceptors (Lipinski definition) is 6. The number of ether oxygens (including phenoxy) is 1. The molecule has 114 valence electrons. The third-order valence-corrected chi connectivity index (χ3v) is 3.95. The molecule has 0 saturated heterocycles. The zero-order valence-electron chi connectivity index (χ0n) is 12.1. The summed E-state index contributed by atoms with van der Waals surface area (Å²) >= 11 is 1.53. The third kappa shape index (κ3) is 3.32. The molecule has 0 aliphatic carbocycles. The summed E-state index contributed by atoms with van der Waals surface area (Å²) in [6.07, 6.45) is 3.42. The summed E-state index contributed by atoms with van der Waals surface area (Å²) in [5.41, 5.74) is 7.57. The second-order valence-electron chi connectivity index (χ2n) is 4.68. The molecular weight excluding hydrogens is 298 g/mol. The first-order chi connectivity index (χ1) is 10.9. The average molecular weight is 315 g/mol. The van der Waals surface area contributed by atoms with E-state index in [9.17, 15) is 0 Å². The van der Waals surface area contributed by atoms with Gasteiger partial charge in [-0.25, -0.2) is 4.98 Å². The normalized spacial score (nSPS) is 10.8. The highest BCUT2D eigenvalue weighted by Gasteiger charge is 2.14. The van der Waals surface area contributed by atoms with Crippen LogP contribution in [0.4, 0.5) is 0 Å². The zero-order valence-corrected chi connectivity index (χ0v) is 12.9. The van der Waals surface area contributed by atoms with E-state index >= 15 is 0 Å². The van der Waals surface area contributed by atoms with Gasteiger partial charge in [0.05, 0.1) is 18.0 Å². The first-order valence-electron chi connectivity index (χ1n) is 7.09. The molecule has 0 bridgehead atoms. The van der Waals surface area contributed by atoms with Crippen molar-refractivity contribution >= 4 is 11.3 Å². The molecule has 3 rings (SSSR count). The number of thiazole rings is 1. The maximum atomic E-state index is 5.75. The second-order valence-corrected chi connectivity index (χ2v) is 5.55. The van der Waals surface area contributed by atoms with E-state index in [1.54, 1.807) is 10.9 Å². The van der Waals surface area contributed by atoms with E-state index in [0.717, 1.165) is 35.1 Å². The van der Waals surface area contributed by atoms with Crippen molar-refractivity contribution in [1.29, 1.82) is 0 Å². The molecule has 0 atom stereocenters. The van der Waals surface area contributed by atoms with Crippen molar-refractivity contribution in [2.75, 3.05) is 6.61 Å². The van der Waals surface area contributed by atoms with E-state index in [2.05, 4.69) is 15.3 Å². The number of benzene rings is 1. The fourth-order valence-electron chi connectivity index (χ4n) is 2.16. The number of rotatable bonds is 7. The first kappa shape index (κ1) is 14.7. The molecule has 2 heterocycles. The minimum absolute atomic E-state index is 0.375. The Morgan fingerprint density at radius 3 is 2.82 bits per heavy atom. The predicted molar refractivity (Wildman–Crippen MR) is 85.2 cm³/mol. The maximum Gasteiger partial charge on any atom is 0.211 e. The summed E-state index contributed by atoms with van der Waals surface area (Å²) in [6.45, 7) is 1.01. The van der Waals surface area contributed by atoms with Gasteiger partial charge in [-0.3, -0.25) is 0 Å². The lowest BCUT2D eigenvalue weighted by Crippen LogP contribution is -2.08. The summed E-state index contributed by atoms with van der Waals surface area (Å²) in [6, 6.07) is 9.80. The molecule has 0 fully saturated rings. The zero-order chi connectivity index (χ0) is 15.2. The third-order valence-electron chi connectivity index (χ3n) is 3.21. The highest BCUT2D eigenvalue weighted by atomic mass is 32.1. The van der Waals surface area contributed by atoms with Crippen LogP contribution in [-0.2, 0) is 13.0 Å². The van der Waals surface area contributed by atoms with E-state index in [0.29, 0.717) is 13.2 Å². The van der Waals surface area contributed by atoms with Crippen molar-refractivity contribution in [1.82, 2.24) is 20.0 Å². The van der Waals surface area contributed by atoms with Crippen LogP contribution in [0.25, 0.3) is 5.13 Å². The smallest absolute Gasteiger partial charge is 0.211 e.